The van der Waals surface area contributed by atoms with Crippen LogP contribution in [0.3, 0.4) is 0 Å². The second-order valence-corrected chi connectivity index (χ2v) is 6.20. The number of hydrogen-bond donors (Lipinski definition) is 1. The quantitative estimate of drug-likeness (QED) is 0.468. The van der Waals surface area contributed by atoms with Crippen molar-refractivity contribution in [3.05, 3.63) is 95.6 Å². The molecule has 0 aromatic heterocycles. The van der Waals surface area contributed by atoms with Crippen molar-refractivity contribution in [1.29, 1.82) is 5.26 Å². The molecule has 144 valence electrons. The number of carbonyl (C=O) groups is 1. The maximum absolute atomic E-state index is 12.4. The first-order valence-corrected chi connectivity index (χ1v) is 9.02. The number of anilines is 1. The topological polar surface area (TPSA) is 71.3 Å². The highest BCUT2D eigenvalue weighted by Gasteiger charge is 2.10. The monoisotopic (exact) mass is 384 g/mol. The highest BCUT2D eigenvalue weighted by molar-refractivity contribution is 6.09. The Labute approximate surface area is 169 Å². The molecule has 3 aromatic carbocycles. The second kappa shape index (κ2) is 9.77. The molecule has 0 aliphatic rings. The highest BCUT2D eigenvalue weighted by atomic mass is 16.5. The SMILES string of the molecule is COc1cccc(NC(=O)/C(C#N)=C/c2ccc(OCc3ccccc3)cc2)c1. The number of nitrogens with zero attached hydrogens (tertiary/aromatic N) is 1. The van der Waals surface area contributed by atoms with Gasteiger partial charge in [0.05, 0.1) is 7.11 Å². The van der Waals surface area contributed by atoms with Gasteiger partial charge in [0.25, 0.3) is 5.91 Å². The van der Waals surface area contributed by atoms with E-state index in [1.165, 1.54) is 6.08 Å². The maximum atomic E-state index is 12.4. The van der Waals surface area contributed by atoms with E-state index in [1.807, 2.05) is 48.5 Å². The molecule has 5 heteroatoms. The van der Waals surface area contributed by atoms with E-state index in [-0.39, 0.29) is 5.57 Å². The van der Waals surface area contributed by atoms with Crippen LogP contribution in [0, 0.1) is 11.3 Å². The predicted molar refractivity (Wildman–Crippen MR) is 112 cm³/mol. The van der Waals surface area contributed by atoms with Gasteiger partial charge in [-0.05, 0) is 41.5 Å². The average Bonchev–Trinajstić information content (AvgIpc) is 2.77. The molecule has 0 saturated heterocycles. The van der Waals surface area contributed by atoms with E-state index in [0.29, 0.717) is 23.8 Å². The molecule has 0 bridgehead atoms. The van der Waals surface area contributed by atoms with Crippen molar-refractivity contribution in [3.63, 3.8) is 0 Å². The van der Waals surface area contributed by atoms with Crippen LogP contribution in [0.4, 0.5) is 5.69 Å². The van der Waals surface area contributed by atoms with Crippen LogP contribution in [0.2, 0.25) is 0 Å². The van der Waals surface area contributed by atoms with E-state index in [4.69, 9.17) is 9.47 Å². The summed E-state index contributed by atoms with van der Waals surface area (Å²) in [5.41, 5.74) is 2.37. The third kappa shape index (κ3) is 5.72. The molecule has 3 rings (SSSR count). The highest BCUT2D eigenvalue weighted by Crippen LogP contribution is 2.19. The Kier molecular flexibility index (Phi) is 6.64. The normalized spacial score (nSPS) is 10.7. The lowest BCUT2D eigenvalue weighted by Gasteiger charge is -2.07. The summed E-state index contributed by atoms with van der Waals surface area (Å²) in [6.07, 6.45) is 1.54. The van der Waals surface area contributed by atoms with Crippen molar-refractivity contribution < 1.29 is 14.3 Å². The van der Waals surface area contributed by atoms with Gasteiger partial charge in [-0.25, -0.2) is 0 Å². The zero-order valence-corrected chi connectivity index (χ0v) is 16.0. The van der Waals surface area contributed by atoms with Gasteiger partial charge in [0.15, 0.2) is 0 Å². The van der Waals surface area contributed by atoms with Crippen molar-refractivity contribution in [2.75, 3.05) is 12.4 Å². The van der Waals surface area contributed by atoms with Gasteiger partial charge in [0.2, 0.25) is 0 Å². The predicted octanol–water partition coefficient (Wildman–Crippen LogP) is 4.82. The summed E-state index contributed by atoms with van der Waals surface area (Å²) in [6, 6.07) is 26.0. The van der Waals surface area contributed by atoms with Crippen LogP contribution in [0.25, 0.3) is 6.08 Å². The third-order valence-electron chi connectivity index (χ3n) is 4.13. The molecular weight excluding hydrogens is 364 g/mol. The second-order valence-electron chi connectivity index (χ2n) is 6.20. The Morgan fingerprint density at radius 1 is 1.00 bits per heavy atom. The van der Waals surface area contributed by atoms with Crippen LogP contribution in [0.15, 0.2) is 84.4 Å². The first-order chi connectivity index (χ1) is 14.2. The number of amides is 1. The van der Waals surface area contributed by atoms with E-state index in [0.717, 1.165) is 11.1 Å². The fraction of sp³-hybridized carbons (Fsp3) is 0.0833. The average molecular weight is 384 g/mol. The molecular formula is C24H20N2O3. The Morgan fingerprint density at radius 2 is 1.76 bits per heavy atom. The number of rotatable bonds is 7. The van der Waals surface area contributed by atoms with E-state index in [1.54, 1.807) is 43.5 Å². The molecule has 0 heterocycles. The minimum absolute atomic E-state index is 0.00535. The lowest BCUT2D eigenvalue weighted by Crippen LogP contribution is -2.13. The lowest BCUT2D eigenvalue weighted by molar-refractivity contribution is -0.112. The van der Waals surface area contributed by atoms with Crippen molar-refractivity contribution in [2.45, 2.75) is 6.61 Å². The molecule has 0 atom stereocenters. The molecule has 0 aliphatic carbocycles. The van der Waals surface area contributed by atoms with Crippen LogP contribution >= 0.6 is 0 Å². The third-order valence-corrected chi connectivity index (χ3v) is 4.13. The fourth-order valence-corrected chi connectivity index (χ4v) is 2.62. The number of benzene rings is 3. The van der Waals surface area contributed by atoms with Gasteiger partial charge in [-0.1, -0.05) is 48.5 Å². The van der Waals surface area contributed by atoms with Crippen molar-refractivity contribution >= 4 is 17.7 Å². The summed E-state index contributed by atoms with van der Waals surface area (Å²) in [5.74, 6) is 0.854. The molecule has 0 unspecified atom stereocenters. The van der Waals surface area contributed by atoms with Crippen LogP contribution in [0.1, 0.15) is 11.1 Å². The summed E-state index contributed by atoms with van der Waals surface area (Å²) in [4.78, 5) is 12.4. The van der Waals surface area contributed by atoms with Crippen LogP contribution in [-0.2, 0) is 11.4 Å². The minimum Gasteiger partial charge on any atom is -0.497 e. The lowest BCUT2D eigenvalue weighted by atomic mass is 10.1. The number of hydrogen-bond acceptors (Lipinski definition) is 4. The molecule has 0 fully saturated rings. The number of nitriles is 1. The van der Waals surface area contributed by atoms with Gasteiger partial charge in [-0.15, -0.1) is 0 Å². The molecule has 0 aliphatic heterocycles. The summed E-state index contributed by atoms with van der Waals surface area (Å²) in [5, 5.41) is 12.1. The minimum atomic E-state index is -0.481. The van der Waals surface area contributed by atoms with Gasteiger partial charge in [0, 0.05) is 11.8 Å². The zero-order valence-electron chi connectivity index (χ0n) is 16.0. The molecule has 0 saturated carbocycles. The van der Waals surface area contributed by atoms with E-state index < -0.39 is 5.91 Å². The first-order valence-electron chi connectivity index (χ1n) is 9.02. The molecule has 3 aromatic rings. The molecule has 1 N–H and O–H groups in total. The van der Waals surface area contributed by atoms with Crippen LogP contribution in [0.5, 0.6) is 11.5 Å². The molecule has 0 radical (unpaired) electrons. The van der Waals surface area contributed by atoms with Gasteiger partial charge >= 0.3 is 0 Å². The van der Waals surface area contributed by atoms with Gasteiger partial charge in [-0.2, -0.15) is 5.26 Å². The smallest absolute Gasteiger partial charge is 0.266 e. The largest absolute Gasteiger partial charge is 0.497 e. The van der Waals surface area contributed by atoms with Gasteiger partial charge in [0.1, 0.15) is 29.7 Å². The number of ether oxygens (including phenoxy) is 2. The van der Waals surface area contributed by atoms with Crippen LogP contribution < -0.4 is 14.8 Å². The summed E-state index contributed by atoms with van der Waals surface area (Å²) in [7, 11) is 1.55. The van der Waals surface area contributed by atoms with Crippen LogP contribution in [-0.4, -0.2) is 13.0 Å². The number of nitrogens with one attached hydrogen (secondary N) is 1. The van der Waals surface area contributed by atoms with E-state index >= 15 is 0 Å². The fourth-order valence-electron chi connectivity index (χ4n) is 2.62. The Balaban J connectivity index is 1.65. The Hall–Kier alpha value is -4.04. The van der Waals surface area contributed by atoms with Gasteiger partial charge in [-0.3, -0.25) is 4.79 Å². The summed E-state index contributed by atoms with van der Waals surface area (Å²) < 4.78 is 10.9. The molecule has 0 spiro atoms. The van der Waals surface area contributed by atoms with E-state index in [9.17, 15) is 10.1 Å². The number of methoxy groups -OCH3 is 1. The van der Waals surface area contributed by atoms with Crippen molar-refractivity contribution in [1.82, 2.24) is 0 Å². The molecule has 29 heavy (non-hydrogen) atoms. The van der Waals surface area contributed by atoms with Crippen molar-refractivity contribution in [3.8, 4) is 17.6 Å². The van der Waals surface area contributed by atoms with Crippen molar-refractivity contribution in [2.24, 2.45) is 0 Å². The maximum Gasteiger partial charge on any atom is 0.266 e. The zero-order chi connectivity index (χ0) is 20.5. The standard InChI is InChI=1S/C24H20N2O3/c1-28-23-9-5-8-21(15-23)26-24(27)20(16-25)14-18-10-12-22(13-11-18)29-17-19-6-3-2-4-7-19/h2-15H,17H2,1H3,(H,26,27)/b20-14+. The Bertz CT molecular complexity index is 1040. The summed E-state index contributed by atoms with van der Waals surface area (Å²) in [6.45, 7) is 0.475. The van der Waals surface area contributed by atoms with Gasteiger partial charge < -0.3 is 14.8 Å². The molecule has 1 amide bonds. The first kappa shape index (κ1) is 19.7. The Morgan fingerprint density at radius 3 is 2.45 bits per heavy atom. The number of carbonyl (C=O) groups excluding carboxylic acids is 1. The molecule has 5 nitrogen and oxygen atoms in total. The van der Waals surface area contributed by atoms with E-state index in [2.05, 4.69) is 5.32 Å². The summed E-state index contributed by atoms with van der Waals surface area (Å²) >= 11 is 0.